The zero-order valence-electron chi connectivity index (χ0n) is 16.0. The van der Waals surface area contributed by atoms with E-state index >= 15 is 0 Å². The number of hydrogen-bond acceptors (Lipinski definition) is 5. The van der Waals surface area contributed by atoms with Crippen molar-refractivity contribution in [2.75, 3.05) is 32.6 Å². The van der Waals surface area contributed by atoms with E-state index in [-0.39, 0.29) is 35.5 Å². The lowest BCUT2D eigenvalue weighted by molar-refractivity contribution is -0.125. The number of sulfonamides is 1. The second-order valence-corrected chi connectivity index (χ2v) is 8.15. The topological polar surface area (TPSA) is 102 Å². The summed E-state index contributed by atoms with van der Waals surface area (Å²) in [6.07, 6.45) is 1.21. The SMILES string of the molecule is CCOc1ccc(NC(=O)C(CC)(CC)CN)cc1S(=O)(=O)N(C)C.Cl. The molecule has 150 valence electrons. The standard InChI is InChI=1S/C17H29N3O4S.ClH/c1-6-17(7-2,12-18)16(21)19-13-9-10-14(24-8-3)15(11-13)25(22,23)20(4)5;/h9-11H,6-8,12,18H2,1-5H3,(H,19,21);1H. The van der Waals surface area contributed by atoms with Crippen molar-refractivity contribution < 1.29 is 17.9 Å². The molecule has 26 heavy (non-hydrogen) atoms. The summed E-state index contributed by atoms with van der Waals surface area (Å²) < 4.78 is 31.6. The number of nitrogens with two attached hydrogens (primary N) is 1. The van der Waals surface area contributed by atoms with Gasteiger partial charge in [0.15, 0.2) is 0 Å². The van der Waals surface area contributed by atoms with Crippen LogP contribution in [-0.2, 0) is 14.8 Å². The molecule has 0 aliphatic carbocycles. The summed E-state index contributed by atoms with van der Waals surface area (Å²) in [6.45, 7) is 6.17. The molecule has 0 bridgehead atoms. The van der Waals surface area contributed by atoms with Crippen LogP contribution in [0.15, 0.2) is 23.1 Å². The van der Waals surface area contributed by atoms with E-state index in [0.29, 0.717) is 25.1 Å². The third kappa shape index (κ3) is 5.09. The molecular weight excluding hydrogens is 378 g/mol. The molecule has 0 spiro atoms. The second-order valence-electron chi connectivity index (χ2n) is 6.03. The minimum atomic E-state index is -3.71. The van der Waals surface area contributed by atoms with Crippen molar-refractivity contribution >= 4 is 34.0 Å². The van der Waals surface area contributed by atoms with Crippen molar-refractivity contribution in [2.24, 2.45) is 11.1 Å². The van der Waals surface area contributed by atoms with E-state index < -0.39 is 15.4 Å². The predicted octanol–water partition coefficient (Wildman–Crippen LogP) is 2.46. The predicted molar refractivity (Wildman–Crippen MR) is 106 cm³/mol. The van der Waals surface area contributed by atoms with Crippen LogP contribution in [0, 0.1) is 5.41 Å². The number of nitrogens with one attached hydrogen (secondary N) is 1. The van der Waals surface area contributed by atoms with Gasteiger partial charge in [-0.2, -0.15) is 0 Å². The number of anilines is 1. The Hall–Kier alpha value is -1.35. The van der Waals surface area contributed by atoms with Gasteiger partial charge in [0.25, 0.3) is 0 Å². The highest BCUT2D eigenvalue weighted by Crippen LogP contribution is 2.31. The molecule has 0 atom stereocenters. The zero-order chi connectivity index (χ0) is 19.3. The summed E-state index contributed by atoms with van der Waals surface area (Å²) in [5, 5.41) is 2.80. The van der Waals surface area contributed by atoms with Crippen LogP contribution in [-0.4, -0.2) is 45.9 Å². The van der Waals surface area contributed by atoms with Crippen molar-refractivity contribution in [1.29, 1.82) is 0 Å². The molecule has 9 heteroatoms. The number of nitrogens with zero attached hydrogens (tertiary/aromatic N) is 1. The fourth-order valence-electron chi connectivity index (χ4n) is 2.48. The molecule has 0 radical (unpaired) electrons. The maximum absolute atomic E-state index is 12.7. The molecule has 0 aliphatic rings. The van der Waals surface area contributed by atoms with Crippen LogP contribution in [0.5, 0.6) is 5.75 Å². The fourth-order valence-corrected chi connectivity index (χ4v) is 3.53. The Labute approximate surface area is 162 Å². The van der Waals surface area contributed by atoms with Gasteiger partial charge < -0.3 is 15.8 Å². The Morgan fingerprint density at radius 3 is 2.23 bits per heavy atom. The van der Waals surface area contributed by atoms with Gasteiger partial charge in [0.1, 0.15) is 10.6 Å². The summed E-state index contributed by atoms with van der Waals surface area (Å²) in [7, 11) is -0.811. The van der Waals surface area contributed by atoms with E-state index in [2.05, 4.69) is 5.32 Å². The summed E-state index contributed by atoms with van der Waals surface area (Å²) in [5.74, 6) is 0.0441. The number of carbonyl (C=O) groups is 1. The number of benzene rings is 1. The second kappa shape index (κ2) is 10.1. The molecule has 0 heterocycles. The molecule has 0 saturated heterocycles. The summed E-state index contributed by atoms with van der Waals surface area (Å²) in [5.41, 5.74) is 5.53. The van der Waals surface area contributed by atoms with E-state index in [9.17, 15) is 13.2 Å². The summed E-state index contributed by atoms with van der Waals surface area (Å²) in [6, 6.07) is 4.60. The van der Waals surface area contributed by atoms with Gasteiger partial charge in [-0.3, -0.25) is 4.79 Å². The zero-order valence-corrected chi connectivity index (χ0v) is 17.7. The molecule has 0 saturated carbocycles. The first-order valence-corrected chi connectivity index (χ1v) is 9.83. The molecule has 1 aromatic carbocycles. The van der Waals surface area contributed by atoms with Gasteiger partial charge in [0, 0.05) is 26.3 Å². The molecular formula is C17H30ClN3O4S. The van der Waals surface area contributed by atoms with Crippen molar-refractivity contribution in [1.82, 2.24) is 4.31 Å². The first kappa shape index (κ1) is 24.7. The van der Waals surface area contributed by atoms with Gasteiger partial charge in [0.05, 0.1) is 12.0 Å². The fraction of sp³-hybridized carbons (Fsp3) is 0.588. The first-order valence-electron chi connectivity index (χ1n) is 8.39. The highest BCUT2D eigenvalue weighted by molar-refractivity contribution is 7.89. The number of rotatable bonds is 9. The Bertz CT molecular complexity index is 696. The van der Waals surface area contributed by atoms with Crippen LogP contribution in [0.25, 0.3) is 0 Å². The van der Waals surface area contributed by atoms with Gasteiger partial charge in [-0.05, 0) is 38.0 Å². The number of ether oxygens (including phenoxy) is 1. The van der Waals surface area contributed by atoms with Gasteiger partial charge in [-0.25, -0.2) is 12.7 Å². The first-order chi connectivity index (χ1) is 11.7. The minimum Gasteiger partial charge on any atom is -0.492 e. The third-order valence-corrected chi connectivity index (χ3v) is 6.32. The quantitative estimate of drug-likeness (QED) is 0.654. The Balaban J connectivity index is 0.00000625. The van der Waals surface area contributed by atoms with Gasteiger partial charge >= 0.3 is 0 Å². The highest BCUT2D eigenvalue weighted by atomic mass is 35.5. The van der Waals surface area contributed by atoms with E-state index in [1.807, 2.05) is 13.8 Å². The molecule has 0 aliphatic heterocycles. The van der Waals surface area contributed by atoms with E-state index in [4.69, 9.17) is 10.5 Å². The normalized spacial score (nSPS) is 11.8. The molecule has 0 aromatic heterocycles. The van der Waals surface area contributed by atoms with Gasteiger partial charge in [-0.15, -0.1) is 12.4 Å². The van der Waals surface area contributed by atoms with Crippen LogP contribution in [0.3, 0.4) is 0 Å². The lowest BCUT2D eigenvalue weighted by Gasteiger charge is -2.28. The van der Waals surface area contributed by atoms with Crippen LogP contribution in [0.4, 0.5) is 5.69 Å². The number of halogens is 1. The molecule has 0 fully saturated rings. The summed E-state index contributed by atoms with van der Waals surface area (Å²) >= 11 is 0. The molecule has 7 nitrogen and oxygen atoms in total. The van der Waals surface area contributed by atoms with Crippen molar-refractivity contribution in [2.45, 2.75) is 38.5 Å². The molecule has 3 N–H and O–H groups in total. The number of hydrogen-bond donors (Lipinski definition) is 2. The van der Waals surface area contributed by atoms with Crippen LogP contribution < -0.4 is 15.8 Å². The van der Waals surface area contributed by atoms with Gasteiger partial charge in [0.2, 0.25) is 15.9 Å². The van der Waals surface area contributed by atoms with Crippen LogP contribution in [0.1, 0.15) is 33.6 Å². The Kier molecular flexibility index (Phi) is 9.58. The van der Waals surface area contributed by atoms with E-state index in [0.717, 1.165) is 4.31 Å². The molecule has 1 rings (SSSR count). The van der Waals surface area contributed by atoms with Gasteiger partial charge in [-0.1, -0.05) is 13.8 Å². The average molecular weight is 408 g/mol. The maximum atomic E-state index is 12.7. The monoisotopic (exact) mass is 407 g/mol. The molecule has 1 amide bonds. The van der Waals surface area contributed by atoms with E-state index in [1.165, 1.54) is 20.2 Å². The smallest absolute Gasteiger partial charge is 0.246 e. The van der Waals surface area contributed by atoms with Crippen LogP contribution in [0.2, 0.25) is 0 Å². The minimum absolute atomic E-state index is 0. The number of amides is 1. The van der Waals surface area contributed by atoms with E-state index in [1.54, 1.807) is 19.1 Å². The lowest BCUT2D eigenvalue weighted by Crippen LogP contribution is -2.41. The lowest BCUT2D eigenvalue weighted by atomic mass is 9.81. The summed E-state index contributed by atoms with van der Waals surface area (Å²) in [4.78, 5) is 12.7. The van der Waals surface area contributed by atoms with Crippen molar-refractivity contribution in [3.63, 3.8) is 0 Å². The third-order valence-electron chi connectivity index (χ3n) is 4.49. The Morgan fingerprint density at radius 2 is 1.81 bits per heavy atom. The molecule has 1 aromatic rings. The maximum Gasteiger partial charge on any atom is 0.246 e. The van der Waals surface area contributed by atoms with Crippen molar-refractivity contribution in [3.05, 3.63) is 18.2 Å². The van der Waals surface area contributed by atoms with Crippen molar-refractivity contribution in [3.8, 4) is 5.75 Å². The van der Waals surface area contributed by atoms with Crippen LogP contribution >= 0.6 is 12.4 Å². The largest absolute Gasteiger partial charge is 0.492 e. The Morgan fingerprint density at radius 1 is 1.23 bits per heavy atom. The highest BCUT2D eigenvalue weighted by Gasteiger charge is 2.33. The number of carbonyl (C=O) groups excluding carboxylic acids is 1. The average Bonchev–Trinajstić information content (AvgIpc) is 2.58. The molecule has 0 unspecified atom stereocenters.